The highest BCUT2D eigenvalue weighted by atomic mass is 32.1. The minimum Gasteiger partial charge on any atom is -0.494 e. The lowest BCUT2D eigenvalue weighted by atomic mass is 10.2. The van der Waals surface area contributed by atoms with E-state index < -0.39 is 0 Å². The van der Waals surface area contributed by atoms with Crippen LogP contribution in [0.25, 0.3) is 0 Å². The smallest absolute Gasteiger partial charge is 0.257 e. The summed E-state index contributed by atoms with van der Waals surface area (Å²) in [5.74, 6) is 0.188. The van der Waals surface area contributed by atoms with Crippen LogP contribution < -0.4 is 26.0 Å². The summed E-state index contributed by atoms with van der Waals surface area (Å²) in [5.41, 5.74) is 1.88. The molecular weight excluding hydrogens is 444 g/mol. The molecule has 170 valence electrons. The van der Waals surface area contributed by atoms with E-state index in [2.05, 4.69) is 28.2 Å². The van der Waals surface area contributed by atoms with E-state index in [-0.39, 0.29) is 22.0 Å². The SMILES string of the molecule is CCCCCCOc1ccc(C(=O)NC(=S)Nc2ccc(NC(=S)NC(C)=O)cc2)cc1. The van der Waals surface area contributed by atoms with Crippen molar-refractivity contribution in [3.05, 3.63) is 54.1 Å². The summed E-state index contributed by atoms with van der Waals surface area (Å²) in [6.45, 7) is 4.23. The van der Waals surface area contributed by atoms with Gasteiger partial charge in [0.25, 0.3) is 5.91 Å². The standard InChI is InChI=1S/C23H28N4O3S2/c1-3-4-5-6-15-30-20-13-7-17(8-14-20)21(29)27-23(32)26-19-11-9-18(10-12-19)25-22(31)24-16(2)28/h7-14H,3-6,15H2,1-2H3,(H2,24,25,28,31)(H2,26,27,29,32). The first-order valence-electron chi connectivity index (χ1n) is 10.4. The number of ether oxygens (including phenoxy) is 1. The largest absolute Gasteiger partial charge is 0.494 e. The molecule has 2 amide bonds. The molecular formula is C23H28N4O3S2. The Hall–Kier alpha value is -3.04. The second kappa shape index (κ2) is 13.4. The Labute approximate surface area is 199 Å². The molecule has 4 N–H and O–H groups in total. The third-order valence-corrected chi connectivity index (χ3v) is 4.71. The number of thiocarbonyl (C=S) groups is 2. The number of hydrogen-bond acceptors (Lipinski definition) is 5. The zero-order valence-corrected chi connectivity index (χ0v) is 19.8. The summed E-state index contributed by atoms with van der Waals surface area (Å²) in [5, 5.41) is 11.4. The number of unbranched alkanes of at least 4 members (excludes halogenated alkanes) is 3. The molecule has 0 saturated heterocycles. The molecule has 0 radical (unpaired) electrons. The average Bonchev–Trinajstić information content (AvgIpc) is 2.74. The van der Waals surface area contributed by atoms with Gasteiger partial charge in [0.1, 0.15) is 5.75 Å². The number of benzene rings is 2. The Kier molecular flexibility index (Phi) is 10.6. The van der Waals surface area contributed by atoms with Crippen LogP contribution in [0.4, 0.5) is 11.4 Å². The first-order chi connectivity index (χ1) is 15.4. The van der Waals surface area contributed by atoms with Gasteiger partial charge in [-0.25, -0.2) is 0 Å². The van der Waals surface area contributed by atoms with Crippen LogP contribution in [0.15, 0.2) is 48.5 Å². The third kappa shape index (κ3) is 9.40. The molecule has 0 heterocycles. The minimum absolute atomic E-state index is 0.181. The van der Waals surface area contributed by atoms with Crippen LogP contribution in [-0.4, -0.2) is 28.6 Å². The molecule has 2 rings (SSSR count). The number of nitrogens with one attached hydrogen (secondary N) is 4. The quantitative estimate of drug-likeness (QED) is 0.313. The van der Waals surface area contributed by atoms with Gasteiger partial charge < -0.3 is 20.7 Å². The number of rotatable bonds is 9. The summed E-state index contributed by atoms with van der Waals surface area (Å²) in [4.78, 5) is 23.4. The summed E-state index contributed by atoms with van der Waals surface area (Å²) >= 11 is 10.2. The fraction of sp³-hybridized carbons (Fsp3) is 0.304. The van der Waals surface area contributed by atoms with Crippen LogP contribution >= 0.6 is 24.4 Å². The van der Waals surface area contributed by atoms with Crippen molar-refractivity contribution in [3.63, 3.8) is 0 Å². The highest BCUT2D eigenvalue weighted by Crippen LogP contribution is 2.15. The fourth-order valence-electron chi connectivity index (χ4n) is 2.72. The van der Waals surface area contributed by atoms with E-state index in [4.69, 9.17) is 29.2 Å². The molecule has 0 aliphatic carbocycles. The summed E-state index contributed by atoms with van der Waals surface area (Å²) < 4.78 is 5.70. The van der Waals surface area contributed by atoms with E-state index in [9.17, 15) is 9.59 Å². The average molecular weight is 473 g/mol. The van der Waals surface area contributed by atoms with Gasteiger partial charge >= 0.3 is 0 Å². The van der Waals surface area contributed by atoms with Crippen LogP contribution in [0.1, 0.15) is 49.9 Å². The Morgan fingerprint density at radius 1 is 0.812 bits per heavy atom. The molecule has 0 fully saturated rings. The van der Waals surface area contributed by atoms with Gasteiger partial charge in [-0.1, -0.05) is 26.2 Å². The predicted molar refractivity (Wildman–Crippen MR) is 136 cm³/mol. The van der Waals surface area contributed by atoms with E-state index in [1.807, 2.05) is 0 Å². The molecule has 0 aliphatic heterocycles. The number of hydrogen-bond donors (Lipinski definition) is 4. The van der Waals surface area contributed by atoms with Crippen molar-refractivity contribution in [2.75, 3.05) is 17.2 Å². The molecule has 7 nitrogen and oxygen atoms in total. The Bertz CT molecular complexity index is 931. The highest BCUT2D eigenvalue weighted by molar-refractivity contribution is 7.80. The van der Waals surface area contributed by atoms with E-state index in [0.717, 1.165) is 18.6 Å². The molecule has 0 aliphatic rings. The van der Waals surface area contributed by atoms with Crippen LogP contribution in [0.3, 0.4) is 0 Å². The van der Waals surface area contributed by atoms with Gasteiger partial charge in [-0.2, -0.15) is 0 Å². The van der Waals surface area contributed by atoms with Gasteiger partial charge in [0.05, 0.1) is 6.61 Å². The third-order valence-electron chi connectivity index (χ3n) is 4.30. The summed E-state index contributed by atoms with van der Waals surface area (Å²) in [6, 6.07) is 14.0. The van der Waals surface area contributed by atoms with Crippen molar-refractivity contribution in [3.8, 4) is 5.75 Å². The molecule has 0 spiro atoms. The topological polar surface area (TPSA) is 91.5 Å². The van der Waals surface area contributed by atoms with Crippen molar-refractivity contribution in [2.24, 2.45) is 0 Å². The Morgan fingerprint density at radius 2 is 1.38 bits per heavy atom. The second-order valence-corrected chi connectivity index (χ2v) is 7.87. The second-order valence-electron chi connectivity index (χ2n) is 7.05. The molecule has 32 heavy (non-hydrogen) atoms. The molecule has 0 aromatic heterocycles. The molecule has 2 aromatic rings. The van der Waals surface area contributed by atoms with Gasteiger partial charge in [0.2, 0.25) is 5.91 Å². The zero-order valence-electron chi connectivity index (χ0n) is 18.2. The molecule has 9 heteroatoms. The summed E-state index contributed by atoms with van der Waals surface area (Å²) in [7, 11) is 0. The monoisotopic (exact) mass is 472 g/mol. The lowest BCUT2D eigenvalue weighted by Gasteiger charge is -2.12. The number of carbonyl (C=O) groups is 2. The first-order valence-corrected chi connectivity index (χ1v) is 11.2. The van der Waals surface area contributed by atoms with Crippen molar-refractivity contribution in [2.45, 2.75) is 39.5 Å². The van der Waals surface area contributed by atoms with Gasteiger partial charge in [0, 0.05) is 23.9 Å². The number of amides is 2. The van der Waals surface area contributed by atoms with Gasteiger partial charge in [-0.05, 0) is 79.4 Å². The van der Waals surface area contributed by atoms with E-state index in [0.29, 0.717) is 23.5 Å². The van der Waals surface area contributed by atoms with E-state index in [1.54, 1.807) is 48.5 Å². The van der Waals surface area contributed by atoms with Crippen LogP contribution in [0, 0.1) is 0 Å². The van der Waals surface area contributed by atoms with Crippen molar-refractivity contribution >= 4 is 57.8 Å². The molecule has 0 bridgehead atoms. The number of anilines is 2. The molecule has 0 unspecified atom stereocenters. The molecule has 2 aromatic carbocycles. The first kappa shape index (κ1) is 25.2. The maximum absolute atomic E-state index is 12.4. The van der Waals surface area contributed by atoms with Crippen molar-refractivity contribution in [1.82, 2.24) is 10.6 Å². The van der Waals surface area contributed by atoms with Gasteiger partial charge in [-0.3, -0.25) is 14.9 Å². The molecule has 0 saturated carbocycles. The van der Waals surface area contributed by atoms with Crippen molar-refractivity contribution in [1.29, 1.82) is 0 Å². The lowest BCUT2D eigenvalue weighted by Crippen LogP contribution is -2.34. The minimum atomic E-state index is -0.309. The van der Waals surface area contributed by atoms with E-state index in [1.165, 1.54) is 19.8 Å². The highest BCUT2D eigenvalue weighted by Gasteiger charge is 2.09. The Balaban J connectivity index is 1.79. The van der Waals surface area contributed by atoms with E-state index >= 15 is 0 Å². The van der Waals surface area contributed by atoms with Crippen LogP contribution in [0.2, 0.25) is 0 Å². The summed E-state index contributed by atoms with van der Waals surface area (Å²) in [6.07, 6.45) is 4.59. The van der Waals surface area contributed by atoms with Crippen LogP contribution in [0.5, 0.6) is 5.75 Å². The maximum atomic E-state index is 12.4. The lowest BCUT2D eigenvalue weighted by molar-refractivity contribution is -0.117. The van der Waals surface area contributed by atoms with Crippen LogP contribution in [-0.2, 0) is 4.79 Å². The normalized spacial score (nSPS) is 10.1. The zero-order chi connectivity index (χ0) is 23.3. The maximum Gasteiger partial charge on any atom is 0.257 e. The fourth-order valence-corrected chi connectivity index (χ4v) is 3.19. The Morgan fingerprint density at radius 3 is 1.91 bits per heavy atom. The van der Waals surface area contributed by atoms with Gasteiger partial charge in [0.15, 0.2) is 10.2 Å². The van der Waals surface area contributed by atoms with Gasteiger partial charge in [-0.15, -0.1) is 0 Å². The van der Waals surface area contributed by atoms with Crippen molar-refractivity contribution < 1.29 is 14.3 Å². The molecule has 0 atom stereocenters. The number of carbonyl (C=O) groups excluding carboxylic acids is 2. The predicted octanol–water partition coefficient (Wildman–Crippen LogP) is 4.61.